The van der Waals surface area contributed by atoms with Gasteiger partial charge in [-0.25, -0.2) is 0 Å². The Kier molecular flexibility index (Phi) is 4.12. The molecule has 0 radical (unpaired) electrons. The molecule has 2 aromatic rings. The maximum Gasteiger partial charge on any atom is 0.267 e. The second-order valence-electron chi connectivity index (χ2n) is 4.74. The Bertz CT molecular complexity index is 617. The number of amides is 1. The minimum atomic E-state index is -0.0514. The summed E-state index contributed by atoms with van der Waals surface area (Å²) in [6, 6.07) is 7.76. The molecule has 1 aromatic heterocycles. The van der Waals surface area contributed by atoms with Crippen molar-refractivity contribution in [3.8, 4) is 5.75 Å². The van der Waals surface area contributed by atoms with Crippen LogP contribution in [0.4, 0.5) is 0 Å². The van der Waals surface area contributed by atoms with Gasteiger partial charge in [0.15, 0.2) is 0 Å². The molecule has 0 spiro atoms. The van der Waals surface area contributed by atoms with Gasteiger partial charge in [-0.15, -0.1) is 5.10 Å². The Morgan fingerprint density at radius 3 is 3.10 bits per heavy atom. The number of hydrogen-bond acceptors (Lipinski definition) is 6. The fourth-order valence-electron chi connectivity index (χ4n) is 2.57. The van der Waals surface area contributed by atoms with Gasteiger partial charge in [-0.3, -0.25) is 4.79 Å². The summed E-state index contributed by atoms with van der Waals surface area (Å²) in [5.74, 6) is 0.772. The lowest BCUT2D eigenvalue weighted by Crippen LogP contribution is -2.48. The molecule has 1 N–H and O–H groups in total. The highest BCUT2D eigenvalue weighted by atomic mass is 32.1. The van der Waals surface area contributed by atoms with E-state index in [4.69, 9.17) is 4.74 Å². The Hall–Kier alpha value is -1.99. The molecule has 2 heterocycles. The van der Waals surface area contributed by atoms with Crippen molar-refractivity contribution in [2.75, 3.05) is 26.7 Å². The molecule has 1 atom stereocenters. The largest absolute Gasteiger partial charge is 0.496 e. The van der Waals surface area contributed by atoms with Gasteiger partial charge in [0.1, 0.15) is 10.6 Å². The first-order valence-corrected chi connectivity index (χ1v) is 7.50. The van der Waals surface area contributed by atoms with Crippen molar-refractivity contribution >= 4 is 17.4 Å². The second kappa shape index (κ2) is 6.19. The van der Waals surface area contributed by atoms with Crippen molar-refractivity contribution in [2.24, 2.45) is 0 Å². The van der Waals surface area contributed by atoms with Gasteiger partial charge in [0.25, 0.3) is 5.91 Å². The molecule has 1 aliphatic heterocycles. The number of para-hydroxylation sites is 1. The van der Waals surface area contributed by atoms with Gasteiger partial charge in [-0.2, -0.15) is 0 Å². The average molecular weight is 304 g/mol. The van der Waals surface area contributed by atoms with Crippen molar-refractivity contribution in [1.29, 1.82) is 0 Å². The number of hydrogen-bond donors (Lipinski definition) is 1. The molecule has 0 aliphatic carbocycles. The molecule has 110 valence electrons. The predicted octanol–water partition coefficient (Wildman–Crippen LogP) is 1.33. The van der Waals surface area contributed by atoms with E-state index in [-0.39, 0.29) is 11.9 Å². The van der Waals surface area contributed by atoms with Gasteiger partial charge in [0.05, 0.1) is 19.3 Å². The number of methoxy groups -OCH3 is 1. The van der Waals surface area contributed by atoms with Crippen LogP contribution in [0.15, 0.2) is 30.5 Å². The van der Waals surface area contributed by atoms with E-state index in [0.29, 0.717) is 18.0 Å². The van der Waals surface area contributed by atoms with E-state index in [1.165, 1.54) is 6.20 Å². The van der Waals surface area contributed by atoms with Gasteiger partial charge < -0.3 is 15.0 Å². The SMILES string of the molecule is COc1ccccc1C1CNCCN1C(=O)c1cnns1. The van der Waals surface area contributed by atoms with E-state index in [9.17, 15) is 4.79 Å². The minimum Gasteiger partial charge on any atom is -0.496 e. The molecule has 1 unspecified atom stereocenters. The van der Waals surface area contributed by atoms with Crippen molar-refractivity contribution in [3.05, 3.63) is 40.9 Å². The lowest BCUT2D eigenvalue weighted by atomic mass is 10.0. The summed E-state index contributed by atoms with van der Waals surface area (Å²) >= 11 is 1.13. The fraction of sp³-hybridized carbons (Fsp3) is 0.357. The molecule has 1 aliphatic rings. The minimum absolute atomic E-state index is 0.0255. The van der Waals surface area contributed by atoms with Crippen LogP contribution in [0, 0.1) is 0 Å². The van der Waals surface area contributed by atoms with Crippen LogP contribution in [0.1, 0.15) is 21.3 Å². The number of rotatable bonds is 3. The Morgan fingerprint density at radius 2 is 2.33 bits per heavy atom. The number of aromatic nitrogens is 2. The first-order chi connectivity index (χ1) is 10.3. The summed E-state index contributed by atoms with van der Waals surface area (Å²) in [7, 11) is 1.65. The van der Waals surface area contributed by atoms with Gasteiger partial charge >= 0.3 is 0 Å². The monoisotopic (exact) mass is 304 g/mol. The molecule has 7 heteroatoms. The molecule has 6 nitrogen and oxygen atoms in total. The van der Waals surface area contributed by atoms with Gasteiger partial charge in [0.2, 0.25) is 0 Å². The molecule has 3 rings (SSSR count). The quantitative estimate of drug-likeness (QED) is 0.926. The molecular weight excluding hydrogens is 288 g/mol. The van der Waals surface area contributed by atoms with Crippen LogP contribution in [-0.2, 0) is 0 Å². The first kappa shape index (κ1) is 14.0. The van der Waals surface area contributed by atoms with Crippen LogP contribution in [0.3, 0.4) is 0 Å². The van der Waals surface area contributed by atoms with E-state index in [0.717, 1.165) is 29.4 Å². The first-order valence-electron chi connectivity index (χ1n) is 6.73. The Labute approximate surface area is 126 Å². The maximum atomic E-state index is 12.6. The van der Waals surface area contributed by atoms with Crippen LogP contribution >= 0.6 is 11.5 Å². The van der Waals surface area contributed by atoms with E-state index in [1.54, 1.807) is 7.11 Å². The molecule has 0 saturated carbocycles. The normalized spacial score (nSPS) is 18.5. The Morgan fingerprint density at radius 1 is 1.48 bits per heavy atom. The molecule has 1 amide bonds. The highest BCUT2D eigenvalue weighted by Gasteiger charge is 2.31. The maximum absolute atomic E-state index is 12.6. The van der Waals surface area contributed by atoms with Crippen molar-refractivity contribution in [1.82, 2.24) is 19.8 Å². The Balaban J connectivity index is 1.93. The van der Waals surface area contributed by atoms with Gasteiger partial charge in [-0.1, -0.05) is 22.7 Å². The summed E-state index contributed by atoms with van der Waals surface area (Å²) in [4.78, 5) is 15.1. The van der Waals surface area contributed by atoms with E-state index >= 15 is 0 Å². The predicted molar refractivity (Wildman–Crippen MR) is 79.6 cm³/mol. The van der Waals surface area contributed by atoms with E-state index < -0.39 is 0 Å². The van der Waals surface area contributed by atoms with Crippen LogP contribution in [0.2, 0.25) is 0 Å². The topological polar surface area (TPSA) is 67.3 Å². The number of carbonyl (C=O) groups excluding carboxylic acids is 1. The number of ether oxygens (including phenoxy) is 1. The summed E-state index contributed by atoms with van der Waals surface area (Å²) in [5, 5.41) is 7.09. The van der Waals surface area contributed by atoms with E-state index in [1.807, 2.05) is 29.2 Å². The van der Waals surface area contributed by atoms with Gasteiger partial charge in [0, 0.05) is 25.2 Å². The van der Waals surface area contributed by atoms with Crippen molar-refractivity contribution in [2.45, 2.75) is 6.04 Å². The number of carbonyl (C=O) groups is 1. The van der Waals surface area contributed by atoms with Gasteiger partial charge in [-0.05, 0) is 17.6 Å². The highest BCUT2D eigenvalue weighted by molar-refractivity contribution is 7.07. The summed E-state index contributed by atoms with van der Waals surface area (Å²) in [6.07, 6.45) is 1.52. The van der Waals surface area contributed by atoms with Crippen LogP contribution in [0.5, 0.6) is 5.75 Å². The number of piperazine rings is 1. The fourth-order valence-corrected chi connectivity index (χ4v) is 3.04. The van der Waals surface area contributed by atoms with Crippen molar-refractivity contribution < 1.29 is 9.53 Å². The number of nitrogens with one attached hydrogen (secondary N) is 1. The summed E-state index contributed by atoms with van der Waals surface area (Å²) < 4.78 is 9.20. The summed E-state index contributed by atoms with van der Waals surface area (Å²) in [6.45, 7) is 2.14. The zero-order valence-electron chi connectivity index (χ0n) is 11.7. The van der Waals surface area contributed by atoms with Crippen LogP contribution < -0.4 is 10.1 Å². The number of nitrogens with zero attached hydrogens (tertiary/aromatic N) is 3. The third-order valence-corrected chi connectivity index (χ3v) is 4.23. The molecule has 1 aromatic carbocycles. The zero-order chi connectivity index (χ0) is 14.7. The molecular formula is C14H16N4O2S. The molecule has 1 fully saturated rings. The second-order valence-corrected chi connectivity index (χ2v) is 5.53. The molecule has 0 bridgehead atoms. The van der Waals surface area contributed by atoms with Crippen molar-refractivity contribution in [3.63, 3.8) is 0 Å². The summed E-state index contributed by atoms with van der Waals surface area (Å²) in [5.41, 5.74) is 1.01. The zero-order valence-corrected chi connectivity index (χ0v) is 12.5. The van der Waals surface area contributed by atoms with E-state index in [2.05, 4.69) is 14.9 Å². The lowest BCUT2D eigenvalue weighted by Gasteiger charge is -2.36. The third kappa shape index (κ3) is 2.74. The van der Waals surface area contributed by atoms with Crippen LogP contribution in [-0.4, -0.2) is 47.1 Å². The standard InChI is InChI=1S/C14H16N4O2S/c1-20-12-5-3-2-4-10(12)11-8-15-6-7-18(11)14(19)13-9-16-17-21-13/h2-5,9,11,15H,6-8H2,1H3. The highest BCUT2D eigenvalue weighted by Crippen LogP contribution is 2.31. The average Bonchev–Trinajstić information content (AvgIpc) is 3.08. The van der Waals surface area contributed by atoms with Crippen LogP contribution in [0.25, 0.3) is 0 Å². The number of benzene rings is 1. The molecule has 21 heavy (non-hydrogen) atoms. The third-order valence-electron chi connectivity index (χ3n) is 3.57. The molecule has 1 saturated heterocycles. The lowest BCUT2D eigenvalue weighted by molar-refractivity contribution is 0.0636. The smallest absolute Gasteiger partial charge is 0.267 e.